The van der Waals surface area contributed by atoms with Crippen molar-refractivity contribution in [1.82, 2.24) is 0 Å². The van der Waals surface area contributed by atoms with Crippen LogP contribution in [0.3, 0.4) is 0 Å². The standard InChI is InChI=1S/C23H26O3/c1-2-9-21-14-15-22(25-17-20-12-7-4-8-13-20)23(26-21)18-24-16-19-10-5-3-6-11-19/h2-8,10-15,21-23H,1,9,16-18H2/t21-,22+,23-/m1/s1. The van der Waals surface area contributed by atoms with Gasteiger partial charge in [0.1, 0.15) is 12.2 Å². The fourth-order valence-corrected chi connectivity index (χ4v) is 2.93. The van der Waals surface area contributed by atoms with Gasteiger partial charge < -0.3 is 14.2 Å². The zero-order valence-corrected chi connectivity index (χ0v) is 15.0. The molecule has 1 aliphatic rings. The first-order valence-electron chi connectivity index (χ1n) is 9.07. The monoisotopic (exact) mass is 350 g/mol. The zero-order valence-electron chi connectivity index (χ0n) is 15.0. The Hall–Kier alpha value is -2.20. The molecule has 3 rings (SSSR count). The number of hydrogen-bond donors (Lipinski definition) is 0. The summed E-state index contributed by atoms with van der Waals surface area (Å²) in [5.41, 5.74) is 2.31. The van der Waals surface area contributed by atoms with Crippen LogP contribution in [0.2, 0.25) is 0 Å². The third-order valence-corrected chi connectivity index (χ3v) is 4.31. The van der Waals surface area contributed by atoms with E-state index in [0.717, 1.165) is 17.5 Å². The van der Waals surface area contributed by atoms with Gasteiger partial charge in [-0.2, -0.15) is 0 Å². The van der Waals surface area contributed by atoms with E-state index >= 15 is 0 Å². The Kier molecular flexibility index (Phi) is 7.20. The van der Waals surface area contributed by atoms with Gasteiger partial charge in [0.05, 0.1) is 25.9 Å². The molecule has 0 spiro atoms. The Morgan fingerprint density at radius 2 is 1.54 bits per heavy atom. The molecule has 26 heavy (non-hydrogen) atoms. The highest BCUT2D eigenvalue weighted by atomic mass is 16.6. The molecule has 1 heterocycles. The van der Waals surface area contributed by atoms with Crippen LogP contribution in [0, 0.1) is 0 Å². The molecule has 0 bridgehead atoms. The largest absolute Gasteiger partial charge is 0.374 e. The molecule has 2 aromatic rings. The third-order valence-electron chi connectivity index (χ3n) is 4.31. The first-order valence-corrected chi connectivity index (χ1v) is 9.07. The predicted octanol–water partition coefficient (Wildman–Crippen LogP) is 4.69. The molecule has 0 aliphatic carbocycles. The minimum atomic E-state index is -0.127. The van der Waals surface area contributed by atoms with E-state index in [9.17, 15) is 0 Å². The molecule has 136 valence electrons. The summed E-state index contributed by atoms with van der Waals surface area (Å²) >= 11 is 0. The molecular formula is C23H26O3. The fraction of sp³-hybridized carbons (Fsp3) is 0.304. The van der Waals surface area contributed by atoms with Gasteiger partial charge in [0.25, 0.3) is 0 Å². The average Bonchev–Trinajstić information content (AvgIpc) is 2.69. The second-order valence-electron chi connectivity index (χ2n) is 6.38. The van der Waals surface area contributed by atoms with Crippen LogP contribution in [0.1, 0.15) is 17.5 Å². The maximum absolute atomic E-state index is 6.16. The van der Waals surface area contributed by atoms with Crippen molar-refractivity contribution in [3.8, 4) is 0 Å². The highest BCUT2D eigenvalue weighted by Gasteiger charge is 2.27. The maximum Gasteiger partial charge on any atom is 0.111 e. The molecule has 3 atom stereocenters. The van der Waals surface area contributed by atoms with Crippen molar-refractivity contribution < 1.29 is 14.2 Å². The molecule has 0 aromatic heterocycles. The predicted molar refractivity (Wildman–Crippen MR) is 104 cm³/mol. The lowest BCUT2D eigenvalue weighted by atomic mass is 10.1. The van der Waals surface area contributed by atoms with Crippen LogP contribution in [0.25, 0.3) is 0 Å². The molecule has 0 saturated heterocycles. The minimum Gasteiger partial charge on any atom is -0.374 e. The van der Waals surface area contributed by atoms with Crippen LogP contribution >= 0.6 is 0 Å². The Morgan fingerprint density at radius 3 is 2.19 bits per heavy atom. The normalized spacial score (nSPS) is 22.2. The second kappa shape index (κ2) is 10.1. The van der Waals surface area contributed by atoms with Crippen molar-refractivity contribution in [2.24, 2.45) is 0 Å². The Bertz CT molecular complexity index is 681. The molecule has 0 saturated carbocycles. The van der Waals surface area contributed by atoms with Crippen LogP contribution in [0.5, 0.6) is 0 Å². The van der Waals surface area contributed by atoms with Crippen molar-refractivity contribution in [2.45, 2.75) is 37.9 Å². The lowest BCUT2D eigenvalue weighted by Crippen LogP contribution is -2.40. The average molecular weight is 350 g/mol. The van der Waals surface area contributed by atoms with E-state index in [4.69, 9.17) is 14.2 Å². The van der Waals surface area contributed by atoms with Crippen molar-refractivity contribution >= 4 is 0 Å². The van der Waals surface area contributed by atoms with E-state index in [1.807, 2.05) is 42.5 Å². The lowest BCUT2D eigenvalue weighted by Gasteiger charge is -2.32. The van der Waals surface area contributed by atoms with Gasteiger partial charge in [0.15, 0.2) is 0 Å². The van der Waals surface area contributed by atoms with Gasteiger partial charge >= 0.3 is 0 Å². The van der Waals surface area contributed by atoms with Crippen molar-refractivity contribution in [3.63, 3.8) is 0 Å². The highest BCUT2D eigenvalue weighted by molar-refractivity contribution is 5.14. The zero-order chi connectivity index (χ0) is 18.0. The van der Waals surface area contributed by atoms with Gasteiger partial charge in [-0.25, -0.2) is 0 Å². The van der Waals surface area contributed by atoms with Crippen molar-refractivity contribution in [2.75, 3.05) is 6.61 Å². The summed E-state index contributed by atoms with van der Waals surface area (Å²) in [7, 11) is 0. The molecular weight excluding hydrogens is 324 g/mol. The van der Waals surface area contributed by atoms with Crippen LogP contribution in [-0.2, 0) is 27.4 Å². The van der Waals surface area contributed by atoms with Gasteiger partial charge in [-0.3, -0.25) is 0 Å². The summed E-state index contributed by atoms with van der Waals surface area (Å²) in [5.74, 6) is 0. The van der Waals surface area contributed by atoms with Gasteiger partial charge in [0.2, 0.25) is 0 Å². The van der Waals surface area contributed by atoms with Gasteiger partial charge in [-0.05, 0) is 17.5 Å². The molecule has 2 aromatic carbocycles. The molecule has 0 fully saturated rings. The SMILES string of the molecule is C=CC[C@@H]1C=C[C@H](OCc2ccccc2)[C@@H](COCc2ccccc2)O1. The van der Waals surface area contributed by atoms with Crippen LogP contribution in [0.4, 0.5) is 0 Å². The molecule has 0 unspecified atom stereocenters. The lowest BCUT2D eigenvalue weighted by molar-refractivity contribution is -0.118. The molecule has 3 nitrogen and oxygen atoms in total. The summed E-state index contributed by atoms with van der Waals surface area (Å²) in [6, 6.07) is 20.3. The third kappa shape index (κ3) is 5.67. The van der Waals surface area contributed by atoms with E-state index in [0.29, 0.717) is 19.8 Å². The first kappa shape index (κ1) is 18.6. The quantitative estimate of drug-likeness (QED) is 0.614. The molecule has 0 radical (unpaired) electrons. The van der Waals surface area contributed by atoms with Crippen LogP contribution in [0.15, 0.2) is 85.5 Å². The van der Waals surface area contributed by atoms with E-state index in [1.165, 1.54) is 0 Å². The van der Waals surface area contributed by atoms with E-state index in [2.05, 4.69) is 43.0 Å². The smallest absolute Gasteiger partial charge is 0.111 e. The maximum atomic E-state index is 6.16. The Morgan fingerprint density at radius 1 is 0.885 bits per heavy atom. The number of benzene rings is 2. The Labute approximate surface area is 155 Å². The van der Waals surface area contributed by atoms with Crippen LogP contribution < -0.4 is 0 Å². The minimum absolute atomic E-state index is 0.0365. The summed E-state index contributed by atoms with van der Waals surface area (Å²) in [5, 5.41) is 0. The number of hydrogen-bond acceptors (Lipinski definition) is 3. The fourth-order valence-electron chi connectivity index (χ4n) is 2.93. The Balaban J connectivity index is 1.56. The van der Waals surface area contributed by atoms with Gasteiger partial charge in [-0.15, -0.1) is 6.58 Å². The topological polar surface area (TPSA) is 27.7 Å². The summed E-state index contributed by atoms with van der Waals surface area (Å²) in [4.78, 5) is 0. The highest BCUT2D eigenvalue weighted by Crippen LogP contribution is 2.20. The summed E-state index contributed by atoms with van der Waals surface area (Å²) in [6.07, 6.45) is 6.61. The van der Waals surface area contributed by atoms with E-state index in [1.54, 1.807) is 0 Å². The summed E-state index contributed by atoms with van der Waals surface area (Å²) < 4.78 is 18.2. The first-order chi connectivity index (χ1) is 12.8. The second-order valence-corrected chi connectivity index (χ2v) is 6.38. The van der Waals surface area contributed by atoms with E-state index in [-0.39, 0.29) is 18.3 Å². The van der Waals surface area contributed by atoms with Gasteiger partial charge in [-0.1, -0.05) is 78.9 Å². The molecule has 1 aliphatic heterocycles. The van der Waals surface area contributed by atoms with E-state index < -0.39 is 0 Å². The van der Waals surface area contributed by atoms with Crippen molar-refractivity contribution in [3.05, 3.63) is 96.6 Å². The molecule has 0 N–H and O–H groups in total. The van der Waals surface area contributed by atoms with Crippen LogP contribution in [-0.4, -0.2) is 24.9 Å². The summed E-state index contributed by atoms with van der Waals surface area (Å²) in [6.45, 7) is 5.42. The van der Waals surface area contributed by atoms with Crippen molar-refractivity contribution in [1.29, 1.82) is 0 Å². The molecule has 3 heteroatoms. The number of ether oxygens (including phenoxy) is 3. The molecule has 0 amide bonds. The number of rotatable bonds is 9. The van der Waals surface area contributed by atoms with Gasteiger partial charge in [0, 0.05) is 0 Å².